The van der Waals surface area contributed by atoms with Gasteiger partial charge in [0.2, 0.25) is 0 Å². The van der Waals surface area contributed by atoms with Crippen LogP contribution >= 0.6 is 0 Å². The zero-order valence-corrected chi connectivity index (χ0v) is 7.95. The first-order chi connectivity index (χ1) is 5.31. The summed E-state index contributed by atoms with van der Waals surface area (Å²) in [6, 6.07) is 0. The summed E-state index contributed by atoms with van der Waals surface area (Å²) in [5, 5.41) is 2.78. The maximum absolute atomic E-state index is 12.9. The summed E-state index contributed by atoms with van der Waals surface area (Å²) in [6.45, 7) is 6.61. The van der Waals surface area contributed by atoms with Crippen molar-refractivity contribution >= 4 is 0 Å². The minimum absolute atomic E-state index is 0.0170. The van der Waals surface area contributed by atoms with E-state index in [1.165, 1.54) is 0 Å². The molecular formula is C9H17F2N. The predicted octanol–water partition coefficient (Wildman–Crippen LogP) is 2.28. The van der Waals surface area contributed by atoms with Gasteiger partial charge in [0, 0.05) is 6.42 Å². The highest BCUT2D eigenvalue weighted by molar-refractivity contribution is 4.87. The van der Waals surface area contributed by atoms with Crippen LogP contribution < -0.4 is 5.32 Å². The molecule has 0 aromatic heterocycles. The summed E-state index contributed by atoms with van der Waals surface area (Å²) >= 11 is 0. The van der Waals surface area contributed by atoms with Crippen molar-refractivity contribution in [3.05, 3.63) is 0 Å². The molecule has 1 saturated heterocycles. The minimum atomic E-state index is -2.50. The van der Waals surface area contributed by atoms with Crippen LogP contribution in [0.4, 0.5) is 8.78 Å². The Kier molecular flexibility index (Phi) is 2.43. The normalized spacial score (nSPS) is 30.2. The van der Waals surface area contributed by atoms with Crippen LogP contribution in [-0.4, -0.2) is 19.0 Å². The molecule has 1 N–H and O–H groups in total. The maximum Gasteiger partial charge on any atom is 0.260 e. The van der Waals surface area contributed by atoms with Gasteiger partial charge >= 0.3 is 0 Å². The van der Waals surface area contributed by atoms with E-state index in [1.54, 1.807) is 0 Å². The van der Waals surface area contributed by atoms with E-state index in [1.807, 2.05) is 20.8 Å². The summed E-state index contributed by atoms with van der Waals surface area (Å²) in [4.78, 5) is 0. The van der Waals surface area contributed by atoms with Crippen molar-refractivity contribution in [3.8, 4) is 0 Å². The lowest BCUT2D eigenvalue weighted by atomic mass is 9.76. The number of nitrogens with one attached hydrogen (secondary N) is 1. The van der Waals surface area contributed by atoms with Gasteiger partial charge in [-0.1, -0.05) is 20.8 Å². The zero-order valence-electron chi connectivity index (χ0n) is 7.95. The molecule has 1 atom stereocenters. The molecule has 12 heavy (non-hydrogen) atoms. The molecule has 1 nitrogen and oxygen atoms in total. The van der Waals surface area contributed by atoms with Crippen LogP contribution in [0.15, 0.2) is 0 Å². The number of rotatable bonds is 0. The second-order valence-electron chi connectivity index (χ2n) is 4.75. The highest BCUT2D eigenvalue weighted by Gasteiger charge is 2.40. The largest absolute Gasteiger partial charge is 0.311 e. The van der Waals surface area contributed by atoms with Crippen LogP contribution in [0.25, 0.3) is 0 Å². The monoisotopic (exact) mass is 177 g/mol. The van der Waals surface area contributed by atoms with E-state index >= 15 is 0 Å². The number of hydrogen-bond donors (Lipinski definition) is 1. The van der Waals surface area contributed by atoms with Crippen LogP contribution in [0.5, 0.6) is 0 Å². The maximum atomic E-state index is 12.9. The molecule has 0 amide bonds. The highest BCUT2D eigenvalue weighted by Crippen LogP contribution is 2.36. The van der Waals surface area contributed by atoms with Crippen molar-refractivity contribution in [1.82, 2.24) is 5.32 Å². The van der Waals surface area contributed by atoms with E-state index in [0.717, 1.165) is 6.54 Å². The van der Waals surface area contributed by atoms with Crippen molar-refractivity contribution in [3.63, 3.8) is 0 Å². The van der Waals surface area contributed by atoms with E-state index in [2.05, 4.69) is 5.32 Å². The quantitative estimate of drug-likeness (QED) is 0.598. The first kappa shape index (κ1) is 9.90. The minimum Gasteiger partial charge on any atom is -0.311 e. The molecule has 0 aliphatic carbocycles. The van der Waals surface area contributed by atoms with Gasteiger partial charge in [-0.25, -0.2) is 8.78 Å². The first-order valence-electron chi connectivity index (χ1n) is 4.40. The molecule has 72 valence electrons. The molecule has 0 spiro atoms. The average molecular weight is 177 g/mol. The zero-order chi connectivity index (χ0) is 9.41. The molecule has 0 saturated carbocycles. The van der Waals surface area contributed by atoms with E-state index in [0.29, 0.717) is 0 Å². The molecule has 1 fully saturated rings. The van der Waals surface area contributed by atoms with Crippen molar-refractivity contribution < 1.29 is 8.78 Å². The van der Waals surface area contributed by atoms with E-state index in [-0.39, 0.29) is 24.3 Å². The van der Waals surface area contributed by atoms with Crippen LogP contribution in [0.1, 0.15) is 27.2 Å². The Labute approximate surface area is 72.5 Å². The Balaban J connectivity index is 2.58. The molecule has 0 radical (unpaired) electrons. The molecule has 1 heterocycles. The summed E-state index contributed by atoms with van der Waals surface area (Å²) in [5.74, 6) is -2.42. The standard InChI is InChI=1S/C9H17F2N/c1-8(2,3)7-4-9(10,11)6-12-5-7/h7,12H,4-6H2,1-3H3. The number of piperidine rings is 1. The van der Waals surface area contributed by atoms with Gasteiger partial charge in [-0.3, -0.25) is 0 Å². The van der Waals surface area contributed by atoms with Gasteiger partial charge in [0.25, 0.3) is 5.92 Å². The molecule has 1 rings (SSSR count). The van der Waals surface area contributed by atoms with Crippen molar-refractivity contribution in [2.75, 3.05) is 13.1 Å². The topological polar surface area (TPSA) is 12.0 Å². The van der Waals surface area contributed by atoms with Gasteiger partial charge < -0.3 is 5.32 Å². The molecule has 0 aromatic carbocycles. The average Bonchev–Trinajstić information content (AvgIpc) is 1.83. The van der Waals surface area contributed by atoms with Gasteiger partial charge in [-0.15, -0.1) is 0 Å². The number of halogens is 2. The summed E-state index contributed by atoms with van der Waals surface area (Å²) in [7, 11) is 0. The molecule has 1 aliphatic rings. The second-order valence-corrected chi connectivity index (χ2v) is 4.75. The van der Waals surface area contributed by atoms with Crippen LogP contribution in [-0.2, 0) is 0 Å². The highest BCUT2D eigenvalue weighted by atomic mass is 19.3. The fourth-order valence-electron chi connectivity index (χ4n) is 1.55. The van der Waals surface area contributed by atoms with Gasteiger partial charge in [0.1, 0.15) is 0 Å². The van der Waals surface area contributed by atoms with Gasteiger partial charge in [-0.05, 0) is 17.9 Å². The smallest absolute Gasteiger partial charge is 0.260 e. The first-order valence-corrected chi connectivity index (χ1v) is 4.40. The molecule has 1 aliphatic heterocycles. The van der Waals surface area contributed by atoms with Crippen molar-refractivity contribution in [2.45, 2.75) is 33.1 Å². The Bertz CT molecular complexity index is 157. The van der Waals surface area contributed by atoms with Crippen molar-refractivity contribution in [1.29, 1.82) is 0 Å². The summed E-state index contributed by atoms with van der Waals surface area (Å²) < 4.78 is 25.8. The third-order valence-electron chi connectivity index (χ3n) is 2.54. The fourth-order valence-corrected chi connectivity index (χ4v) is 1.55. The van der Waals surface area contributed by atoms with E-state index < -0.39 is 5.92 Å². The lowest BCUT2D eigenvalue weighted by Gasteiger charge is -2.37. The number of hydrogen-bond acceptors (Lipinski definition) is 1. The fraction of sp³-hybridized carbons (Fsp3) is 1.00. The Morgan fingerprint density at radius 1 is 1.33 bits per heavy atom. The Morgan fingerprint density at radius 3 is 2.25 bits per heavy atom. The SMILES string of the molecule is CC(C)(C)C1CNCC(F)(F)C1. The third-order valence-corrected chi connectivity index (χ3v) is 2.54. The van der Waals surface area contributed by atoms with Crippen molar-refractivity contribution in [2.24, 2.45) is 11.3 Å². The molecule has 0 bridgehead atoms. The molecule has 3 heteroatoms. The van der Waals surface area contributed by atoms with E-state index in [4.69, 9.17) is 0 Å². The van der Waals surface area contributed by atoms with Gasteiger partial charge in [0.05, 0.1) is 6.54 Å². The van der Waals surface area contributed by atoms with Gasteiger partial charge in [0.15, 0.2) is 0 Å². The predicted molar refractivity (Wildman–Crippen MR) is 45.4 cm³/mol. The third kappa shape index (κ3) is 2.41. The molecule has 0 aromatic rings. The molecular weight excluding hydrogens is 160 g/mol. The van der Waals surface area contributed by atoms with Crippen LogP contribution in [0, 0.1) is 11.3 Å². The summed E-state index contributed by atoms with van der Waals surface area (Å²) in [6.07, 6.45) is 0.0312. The lowest BCUT2D eigenvalue weighted by molar-refractivity contribution is -0.0577. The Hall–Kier alpha value is -0.180. The van der Waals surface area contributed by atoms with Crippen LogP contribution in [0.2, 0.25) is 0 Å². The lowest BCUT2D eigenvalue weighted by Crippen LogP contribution is -2.47. The molecule has 1 unspecified atom stereocenters. The van der Waals surface area contributed by atoms with E-state index in [9.17, 15) is 8.78 Å². The summed E-state index contributed by atoms with van der Waals surface area (Å²) in [5.41, 5.74) is -0.0170. The second kappa shape index (κ2) is 2.95. The van der Waals surface area contributed by atoms with Crippen LogP contribution in [0.3, 0.4) is 0 Å². The number of alkyl halides is 2. The Morgan fingerprint density at radius 2 is 1.92 bits per heavy atom. The van der Waals surface area contributed by atoms with Gasteiger partial charge in [-0.2, -0.15) is 0 Å².